The van der Waals surface area contributed by atoms with Gasteiger partial charge in [0.15, 0.2) is 6.10 Å². The molecule has 3 rings (SSSR count). The second-order valence-corrected chi connectivity index (χ2v) is 5.77. The van der Waals surface area contributed by atoms with Crippen molar-refractivity contribution in [2.75, 3.05) is 11.9 Å². The molecule has 24 heavy (non-hydrogen) atoms. The van der Waals surface area contributed by atoms with Crippen molar-refractivity contribution in [3.63, 3.8) is 0 Å². The SMILES string of the molecule is Cc1ccc2c(c1)NC(=O)C(CC(=O)NCCCn1cccn1)O2. The van der Waals surface area contributed by atoms with Crippen LogP contribution >= 0.6 is 0 Å². The minimum atomic E-state index is -0.800. The van der Waals surface area contributed by atoms with E-state index in [4.69, 9.17) is 4.74 Å². The van der Waals surface area contributed by atoms with Crippen molar-refractivity contribution in [3.8, 4) is 5.75 Å². The largest absolute Gasteiger partial charge is 0.478 e. The van der Waals surface area contributed by atoms with E-state index in [0.717, 1.165) is 18.5 Å². The van der Waals surface area contributed by atoms with Crippen LogP contribution in [0, 0.1) is 6.92 Å². The van der Waals surface area contributed by atoms with Crippen LogP contribution in [0.4, 0.5) is 5.69 Å². The van der Waals surface area contributed by atoms with Gasteiger partial charge >= 0.3 is 0 Å². The Hall–Kier alpha value is -2.83. The molecule has 1 atom stereocenters. The average Bonchev–Trinajstić information content (AvgIpc) is 3.06. The number of carbonyl (C=O) groups excluding carboxylic acids is 2. The number of nitrogens with one attached hydrogen (secondary N) is 2. The molecule has 2 N–H and O–H groups in total. The summed E-state index contributed by atoms with van der Waals surface area (Å²) >= 11 is 0. The first kappa shape index (κ1) is 16.0. The molecule has 7 heteroatoms. The van der Waals surface area contributed by atoms with Gasteiger partial charge in [0.25, 0.3) is 5.91 Å². The number of hydrogen-bond acceptors (Lipinski definition) is 4. The molecule has 0 spiro atoms. The number of benzene rings is 1. The molecule has 1 aromatic heterocycles. The Bertz CT molecular complexity index is 727. The monoisotopic (exact) mass is 328 g/mol. The van der Waals surface area contributed by atoms with E-state index in [0.29, 0.717) is 18.0 Å². The van der Waals surface area contributed by atoms with Gasteiger partial charge in [-0.3, -0.25) is 14.3 Å². The molecule has 126 valence electrons. The smallest absolute Gasteiger partial charge is 0.266 e. The highest BCUT2D eigenvalue weighted by Gasteiger charge is 2.29. The molecule has 1 aliphatic heterocycles. The van der Waals surface area contributed by atoms with Crippen molar-refractivity contribution in [2.45, 2.75) is 32.4 Å². The minimum Gasteiger partial charge on any atom is -0.478 e. The van der Waals surface area contributed by atoms with Gasteiger partial charge in [-0.2, -0.15) is 5.10 Å². The summed E-state index contributed by atoms with van der Waals surface area (Å²) in [7, 11) is 0. The summed E-state index contributed by atoms with van der Waals surface area (Å²) in [5.41, 5.74) is 1.68. The van der Waals surface area contributed by atoms with Crippen LogP contribution < -0.4 is 15.4 Å². The van der Waals surface area contributed by atoms with Gasteiger partial charge in [0, 0.05) is 25.5 Å². The summed E-state index contributed by atoms with van der Waals surface area (Å²) in [5.74, 6) is 0.0997. The Balaban J connectivity index is 1.46. The van der Waals surface area contributed by atoms with Crippen LogP contribution in [0.5, 0.6) is 5.75 Å². The molecule has 2 heterocycles. The quantitative estimate of drug-likeness (QED) is 0.787. The van der Waals surface area contributed by atoms with Crippen LogP contribution in [0.25, 0.3) is 0 Å². The van der Waals surface area contributed by atoms with Gasteiger partial charge in [-0.15, -0.1) is 0 Å². The second kappa shape index (κ2) is 7.16. The Kier molecular flexibility index (Phi) is 4.79. The second-order valence-electron chi connectivity index (χ2n) is 5.77. The third kappa shape index (κ3) is 3.92. The highest BCUT2D eigenvalue weighted by atomic mass is 16.5. The highest BCUT2D eigenvalue weighted by Crippen LogP contribution is 2.30. The maximum atomic E-state index is 12.1. The van der Waals surface area contributed by atoms with Gasteiger partial charge in [0.05, 0.1) is 12.1 Å². The van der Waals surface area contributed by atoms with E-state index in [9.17, 15) is 9.59 Å². The molecule has 1 aromatic carbocycles. The van der Waals surface area contributed by atoms with Crippen LogP contribution in [0.2, 0.25) is 0 Å². The summed E-state index contributed by atoms with van der Waals surface area (Å²) in [6, 6.07) is 7.41. The topological polar surface area (TPSA) is 85.3 Å². The average molecular weight is 328 g/mol. The molecule has 2 amide bonds. The molecule has 0 fully saturated rings. The molecule has 1 aliphatic rings. The number of nitrogens with zero attached hydrogens (tertiary/aromatic N) is 2. The molecule has 0 saturated heterocycles. The first-order valence-corrected chi connectivity index (χ1v) is 7.94. The third-order valence-corrected chi connectivity index (χ3v) is 3.77. The van der Waals surface area contributed by atoms with Gasteiger partial charge in [0.1, 0.15) is 5.75 Å². The fourth-order valence-electron chi connectivity index (χ4n) is 2.54. The summed E-state index contributed by atoms with van der Waals surface area (Å²) in [6.07, 6.45) is 3.57. The Morgan fingerprint density at radius 1 is 1.46 bits per heavy atom. The molecule has 0 bridgehead atoms. The van der Waals surface area contributed by atoms with Crippen molar-refractivity contribution in [3.05, 3.63) is 42.2 Å². The summed E-state index contributed by atoms with van der Waals surface area (Å²) in [6.45, 7) is 3.21. The highest BCUT2D eigenvalue weighted by molar-refractivity contribution is 6.00. The normalized spacial score (nSPS) is 16.0. The standard InChI is InChI=1S/C17H20N4O3/c1-12-4-5-14-13(10-12)20-17(23)15(24-14)11-16(22)18-6-2-8-21-9-3-7-19-21/h3-5,7,9-10,15H,2,6,8,11H2,1H3,(H,18,22)(H,20,23). The molecule has 1 unspecified atom stereocenters. The van der Waals surface area contributed by atoms with Crippen LogP contribution in [-0.2, 0) is 16.1 Å². The maximum absolute atomic E-state index is 12.1. The van der Waals surface area contributed by atoms with E-state index >= 15 is 0 Å². The number of aromatic nitrogens is 2. The van der Waals surface area contributed by atoms with Crippen molar-refractivity contribution in [1.29, 1.82) is 0 Å². The van der Waals surface area contributed by atoms with Crippen LogP contribution in [0.3, 0.4) is 0 Å². The van der Waals surface area contributed by atoms with Crippen molar-refractivity contribution < 1.29 is 14.3 Å². The molecular weight excluding hydrogens is 308 g/mol. The van der Waals surface area contributed by atoms with Crippen molar-refractivity contribution >= 4 is 17.5 Å². The van der Waals surface area contributed by atoms with Crippen molar-refractivity contribution in [2.24, 2.45) is 0 Å². The Labute approximate surface area is 140 Å². The van der Waals surface area contributed by atoms with Gasteiger partial charge in [-0.05, 0) is 37.1 Å². The summed E-state index contributed by atoms with van der Waals surface area (Å²) < 4.78 is 7.46. The Morgan fingerprint density at radius 2 is 2.33 bits per heavy atom. The lowest BCUT2D eigenvalue weighted by molar-refractivity contribution is -0.130. The van der Waals surface area contributed by atoms with Gasteiger partial charge in [-0.25, -0.2) is 0 Å². The Morgan fingerprint density at radius 3 is 3.12 bits per heavy atom. The molecule has 0 aliphatic carbocycles. The van der Waals surface area contributed by atoms with E-state index < -0.39 is 6.10 Å². The first-order valence-electron chi connectivity index (χ1n) is 7.94. The van der Waals surface area contributed by atoms with Crippen molar-refractivity contribution in [1.82, 2.24) is 15.1 Å². The fourth-order valence-corrected chi connectivity index (χ4v) is 2.54. The lowest BCUT2D eigenvalue weighted by atomic mass is 10.1. The van der Waals surface area contributed by atoms with E-state index in [-0.39, 0.29) is 18.2 Å². The van der Waals surface area contributed by atoms with E-state index in [1.54, 1.807) is 12.3 Å². The third-order valence-electron chi connectivity index (χ3n) is 3.77. The zero-order chi connectivity index (χ0) is 16.9. The number of fused-ring (bicyclic) bond motifs is 1. The predicted octanol–water partition coefficient (Wildman–Crippen LogP) is 1.49. The summed E-state index contributed by atoms with van der Waals surface area (Å²) in [4.78, 5) is 24.1. The van der Waals surface area contributed by atoms with Gasteiger partial charge in [0.2, 0.25) is 5.91 Å². The zero-order valence-electron chi connectivity index (χ0n) is 13.5. The number of aryl methyl sites for hydroxylation is 2. The van der Waals surface area contributed by atoms with Gasteiger partial charge < -0.3 is 15.4 Å². The van der Waals surface area contributed by atoms with Crippen LogP contribution in [0.1, 0.15) is 18.4 Å². The number of rotatable bonds is 6. The summed E-state index contributed by atoms with van der Waals surface area (Å²) in [5, 5.41) is 9.69. The molecule has 0 saturated carbocycles. The fraction of sp³-hybridized carbons (Fsp3) is 0.353. The number of hydrogen-bond donors (Lipinski definition) is 2. The minimum absolute atomic E-state index is 0.000912. The van der Waals surface area contributed by atoms with E-state index in [1.807, 2.05) is 36.0 Å². The number of carbonyl (C=O) groups is 2. The number of amides is 2. The van der Waals surface area contributed by atoms with Crippen LogP contribution in [-0.4, -0.2) is 34.2 Å². The van der Waals surface area contributed by atoms with Crippen LogP contribution in [0.15, 0.2) is 36.7 Å². The zero-order valence-corrected chi connectivity index (χ0v) is 13.5. The predicted molar refractivity (Wildman–Crippen MR) is 88.7 cm³/mol. The number of ether oxygens (including phenoxy) is 1. The molecule has 7 nitrogen and oxygen atoms in total. The first-order chi connectivity index (χ1) is 11.6. The lowest BCUT2D eigenvalue weighted by Gasteiger charge is -2.25. The number of anilines is 1. The molecule has 0 radical (unpaired) electrons. The molecule has 2 aromatic rings. The van der Waals surface area contributed by atoms with E-state index in [1.165, 1.54) is 0 Å². The van der Waals surface area contributed by atoms with Gasteiger partial charge in [-0.1, -0.05) is 6.07 Å². The molecular formula is C17H20N4O3. The maximum Gasteiger partial charge on any atom is 0.266 e. The lowest BCUT2D eigenvalue weighted by Crippen LogP contribution is -2.41. The van der Waals surface area contributed by atoms with E-state index in [2.05, 4.69) is 15.7 Å².